The molecule has 3 rings (SSSR count). The van der Waals surface area contributed by atoms with Crippen LogP contribution in [0, 0.1) is 11.8 Å². The molecule has 2 heterocycles. The number of nitrogens with zero attached hydrogens (tertiary/aromatic N) is 3. The summed E-state index contributed by atoms with van der Waals surface area (Å²) in [5, 5.41) is 13.4. The Kier molecular flexibility index (Phi) is 4.14. The van der Waals surface area contributed by atoms with E-state index in [1.807, 2.05) is 43.5 Å². The highest BCUT2D eigenvalue weighted by molar-refractivity contribution is 5.80. The standard InChI is InChI=1S/C17H19N3O3/c1-12-9-19(11-15(12)17(22)23)16(21)7-13-8-18-20(10-13)14-5-3-2-4-6-14/h2-6,8,10,12,15H,7,9,11H2,1H3,(H,22,23)/t12-,15-/m1/s1. The summed E-state index contributed by atoms with van der Waals surface area (Å²) in [6.07, 6.45) is 3.76. The smallest absolute Gasteiger partial charge is 0.308 e. The molecule has 1 aromatic heterocycles. The molecule has 2 aromatic rings. The number of carboxylic acids is 1. The summed E-state index contributed by atoms with van der Waals surface area (Å²) >= 11 is 0. The Labute approximate surface area is 134 Å². The van der Waals surface area contributed by atoms with E-state index in [-0.39, 0.29) is 18.2 Å². The fraction of sp³-hybridized carbons (Fsp3) is 0.353. The second kappa shape index (κ2) is 6.24. The monoisotopic (exact) mass is 313 g/mol. The number of carbonyl (C=O) groups excluding carboxylic acids is 1. The number of para-hydroxylation sites is 1. The van der Waals surface area contributed by atoms with Gasteiger partial charge in [0.25, 0.3) is 0 Å². The topological polar surface area (TPSA) is 75.4 Å². The van der Waals surface area contributed by atoms with Gasteiger partial charge in [-0.25, -0.2) is 4.68 Å². The normalized spacial score (nSPS) is 20.7. The van der Waals surface area contributed by atoms with Gasteiger partial charge in [-0.3, -0.25) is 9.59 Å². The highest BCUT2D eigenvalue weighted by atomic mass is 16.4. The Morgan fingerprint density at radius 2 is 2.00 bits per heavy atom. The van der Waals surface area contributed by atoms with Crippen LogP contribution in [0.2, 0.25) is 0 Å². The third kappa shape index (κ3) is 3.26. The molecule has 2 atom stereocenters. The van der Waals surface area contributed by atoms with E-state index in [0.717, 1.165) is 11.3 Å². The number of carbonyl (C=O) groups is 2. The molecule has 0 saturated carbocycles. The van der Waals surface area contributed by atoms with E-state index in [0.29, 0.717) is 13.1 Å². The molecule has 6 heteroatoms. The van der Waals surface area contributed by atoms with E-state index in [4.69, 9.17) is 5.11 Å². The van der Waals surface area contributed by atoms with Crippen LogP contribution in [0.4, 0.5) is 0 Å². The van der Waals surface area contributed by atoms with E-state index in [1.54, 1.807) is 15.8 Å². The van der Waals surface area contributed by atoms with Gasteiger partial charge in [-0.2, -0.15) is 5.10 Å². The molecule has 0 radical (unpaired) electrons. The zero-order chi connectivity index (χ0) is 16.4. The SMILES string of the molecule is C[C@@H]1CN(C(=O)Cc2cnn(-c3ccccc3)c2)C[C@H]1C(=O)O. The highest BCUT2D eigenvalue weighted by Crippen LogP contribution is 2.23. The zero-order valence-corrected chi connectivity index (χ0v) is 12.9. The van der Waals surface area contributed by atoms with Crippen molar-refractivity contribution < 1.29 is 14.7 Å². The van der Waals surface area contributed by atoms with Crippen molar-refractivity contribution >= 4 is 11.9 Å². The van der Waals surface area contributed by atoms with Crippen molar-refractivity contribution in [3.8, 4) is 5.69 Å². The summed E-state index contributed by atoms with van der Waals surface area (Å²) in [7, 11) is 0. The predicted molar refractivity (Wildman–Crippen MR) is 84.1 cm³/mol. The fourth-order valence-electron chi connectivity index (χ4n) is 2.95. The Morgan fingerprint density at radius 3 is 2.65 bits per heavy atom. The number of benzene rings is 1. The first-order valence-electron chi connectivity index (χ1n) is 7.64. The van der Waals surface area contributed by atoms with Crippen molar-refractivity contribution in [2.45, 2.75) is 13.3 Å². The van der Waals surface area contributed by atoms with Crippen LogP contribution in [0.3, 0.4) is 0 Å². The summed E-state index contributed by atoms with van der Waals surface area (Å²) in [4.78, 5) is 25.2. The zero-order valence-electron chi connectivity index (χ0n) is 12.9. The van der Waals surface area contributed by atoms with Crippen molar-refractivity contribution in [1.29, 1.82) is 0 Å². The quantitative estimate of drug-likeness (QED) is 0.930. The molecule has 1 fully saturated rings. The Balaban J connectivity index is 1.65. The Bertz CT molecular complexity index is 711. The Morgan fingerprint density at radius 1 is 1.26 bits per heavy atom. The van der Waals surface area contributed by atoms with Crippen molar-refractivity contribution in [2.75, 3.05) is 13.1 Å². The van der Waals surface area contributed by atoms with Crippen molar-refractivity contribution in [2.24, 2.45) is 11.8 Å². The van der Waals surface area contributed by atoms with E-state index in [1.165, 1.54) is 0 Å². The number of hydrogen-bond acceptors (Lipinski definition) is 3. The van der Waals surface area contributed by atoms with Gasteiger partial charge in [0.2, 0.25) is 5.91 Å². The lowest BCUT2D eigenvalue weighted by Gasteiger charge is -2.15. The number of aromatic nitrogens is 2. The number of aliphatic carboxylic acids is 1. The van der Waals surface area contributed by atoms with Gasteiger partial charge in [0.05, 0.1) is 24.2 Å². The first-order chi connectivity index (χ1) is 11.0. The third-order valence-electron chi connectivity index (χ3n) is 4.29. The molecular weight excluding hydrogens is 294 g/mol. The van der Waals surface area contributed by atoms with Crippen LogP contribution in [-0.2, 0) is 16.0 Å². The minimum atomic E-state index is -0.829. The maximum atomic E-state index is 12.4. The average Bonchev–Trinajstić information content (AvgIpc) is 3.15. The predicted octanol–water partition coefficient (Wildman–Crippen LogP) is 1.59. The number of carboxylic acid groups (broad SMARTS) is 1. The fourth-order valence-corrected chi connectivity index (χ4v) is 2.95. The summed E-state index contributed by atoms with van der Waals surface area (Å²) in [6.45, 7) is 2.67. The molecule has 1 aromatic carbocycles. The molecular formula is C17H19N3O3. The maximum Gasteiger partial charge on any atom is 0.308 e. The lowest BCUT2D eigenvalue weighted by Crippen LogP contribution is -2.31. The number of rotatable bonds is 4. The Hall–Kier alpha value is -2.63. The number of hydrogen-bond donors (Lipinski definition) is 1. The van der Waals surface area contributed by atoms with E-state index in [2.05, 4.69) is 5.10 Å². The molecule has 0 aliphatic carbocycles. The van der Waals surface area contributed by atoms with Crippen LogP contribution in [0.15, 0.2) is 42.7 Å². The van der Waals surface area contributed by atoms with Crippen molar-refractivity contribution in [3.63, 3.8) is 0 Å². The van der Waals surface area contributed by atoms with E-state index in [9.17, 15) is 9.59 Å². The molecule has 23 heavy (non-hydrogen) atoms. The largest absolute Gasteiger partial charge is 0.481 e. The molecule has 0 bridgehead atoms. The maximum absolute atomic E-state index is 12.4. The van der Waals surface area contributed by atoms with Gasteiger partial charge in [0.1, 0.15) is 0 Å². The third-order valence-corrected chi connectivity index (χ3v) is 4.29. The van der Waals surface area contributed by atoms with Gasteiger partial charge in [0.15, 0.2) is 0 Å². The summed E-state index contributed by atoms with van der Waals surface area (Å²) in [5.41, 5.74) is 1.76. The lowest BCUT2D eigenvalue weighted by atomic mass is 9.99. The van der Waals surface area contributed by atoms with Crippen LogP contribution >= 0.6 is 0 Å². The number of amides is 1. The van der Waals surface area contributed by atoms with Gasteiger partial charge in [0, 0.05) is 19.3 Å². The van der Waals surface area contributed by atoms with Gasteiger partial charge in [-0.15, -0.1) is 0 Å². The van der Waals surface area contributed by atoms with Crippen LogP contribution in [0.25, 0.3) is 5.69 Å². The van der Waals surface area contributed by atoms with Crippen molar-refractivity contribution in [3.05, 3.63) is 48.3 Å². The van der Waals surface area contributed by atoms with Crippen molar-refractivity contribution in [1.82, 2.24) is 14.7 Å². The number of likely N-dealkylation sites (tertiary alicyclic amines) is 1. The second-order valence-corrected chi connectivity index (χ2v) is 6.03. The molecule has 120 valence electrons. The molecule has 1 amide bonds. The molecule has 1 N–H and O–H groups in total. The van der Waals surface area contributed by atoms with Gasteiger partial charge in [-0.05, 0) is 23.6 Å². The van der Waals surface area contributed by atoms with Gasteiger partial charge >= 0.3 is 5.97 Å². The van der Waals surface area contributed by atoms with Crippen LogP contribution in [0.1, 0.15) is 12.5 Å². The highest BCUT2D eigenvalue weighted by Gasteiger charge is 2.36. The van der Waals surface area contributed by atoms with E-state index >= 15 is 0 Å². The molecule has 1 aliphatic heterocycles. The molecule has 1 saturated heterocycles. The van der Waals surface area contributed by atoms with Crippen LogP contribution in [0.5, 0.6) is 0 Å². The molecule has 1 aliphatic rings. The molecule has 6 nitrogen and oxygen atoms in total. The summed E-state index contributed by atoms with van der Waals surface area (Å²) < 4.78 is 1.73. The van der Waals surface area contributed by atoms with Crippen LogP contribution < -0.4 is 0 Å². The first-order valence-corrected chi connectivity index (χ1v) is 7.64. The molecule has 0 spiro atoms. The minimum absolute atomic E-state index is 0.0107. The van der Waals surface area contributed by atoms with E-state index < -0.39 is 11.9 Å². The summed E-state index contributed by atoms with van der Waals surface area (Å²) in [6, 6.07) is 9.68. The average molecular weight is 313 g/mol. The lowest BCUT2D eigenvalue weighted by molar-refractivity contribution is -0.142. The summed E-state index contributed by atoms with van der Waals surface area (Å²) in [5.74, 6) is -1.35. The van der Waals surface area contributed by atoms with Gasteiger partial charge in [-0.1, -0.05) is 25.1 Å². The van der Waals surface area contributed by atoms with Gasteiger partial charge < -0.3 is 10.0 Å². The first kappa shape index (κ1) is 15.3. The van der Waals surface area contributed by atoms with Crippen LogP contribution in [-0.4, -0.2) is 44.8 Å². The molecule has 0 unspecified atom stereocenters. The minimum Gasteiger partial charge on any atom is -0.481 e. The second-order valence-electron chi connectivity index (χ2n) is 6.03.